The summed E-state index contributed by atoms with van der Waals surface area (Å²) in [5.74, 6) is 0.536. The summed E-state index contributed by atoms with van der Waals surface area (Å²) >= 11 is 0. The Hall–Kier alpha value is -1.64. The van der Waals surface area contributed by atoms with Crippen LogP contribution in [0.1, 0.15) is 50.2 Å². The first-order chi connectivity index (χ1) is 9.79. The molecule has 1 aromatic rings. The Morgan fingerprint density at radius 3 is 3.00 bits per heavy atom. The van der Waals surface area contributed by atoms with Gasteiger partial charge in [0.05, 0.1) is 5.71 Å². The van der Waals surface area contributed by atoms with Gasteiger partial charge in [0.25, 0.3) is 0 Å². The molecule has 0 saturated carbocycles. The molecular formula is C17H22N2O. The number of carbonyl (C=O) groups is 1. The summed E-state index contributed by atoms with van der Waals surface area (Å²) in [7, 11) is 0. The normalized spacial score (nSPS) is 21.2. The van der Waals surface area contributed by atoms with Crippen LogP contribution in [0.25, 0.3) is 0 Å². The van der Waals surface area contributed by atoms with E-state index in [1.807, 2.05) is 0 Å². The van der Waals surface area contributed by atoms with Crippen LogP contribution < -0.4 is 0 Å². The van der Waals surface area contributed by atoms with Crippen molar-refractivity contribution in [1.29, 1.82) is 0 Å². The van der Waals surface area contributed by atoms with Gasteiger partial charge in [0.2, 0.25) is 5.91 Å². The number of aryl methyl sites for hydroxylation is 1. The van der Waals surface area contributed by atoms with Crippen molar-refractivity contribution < 1.29 is 4.79 Å². The summed E-state index contributed by atoms with van der Waals surface area (Å²) in [5, 5.41) is 6.41. The topological polar surface area (TPSA) is 32.7 Å². The number of nitrogens with zero attached hydrogens (tertiary/aromatic N) is 2. The predicted molar refractivity (Wildman–Crippen MR) is 80.6 cm³/mol. The van der Waals surface area contributed by atoms with Crippen molar-refractivity contribution in [3.05, 3.63) is 35.4 Å². The molecule has 1 aromatic carbocycles. The summed E-state index contributed by atoms with van der Waals surface area (Å²) in [6.45, 7) is 2.95. The fourth-order valence-corrected chi connectivity index (χ4v) is 3.20. The third-order valence-corrected chi connectivity index (χ3v) is 4.35. The van der Waals surface area contributed by atoms with E-state index in [-0.39, 0.29) is 5.91 Å². The van der Waals surface area contributed by atoms with Crippen LogP contribution in [0.15, 0.2) is 29.4 Å². The number of amides is 1. The van der Waals surface area contributed by atoms with Gasteiger partial charge in [0, 0.05) is 24.4 Å². The molecule has 3 heteroatoms. The summed E-state index contributed by atoms with van der Waals surface area (Å²) in [4.78, 5) is 12.2. The van der Waals surface area contributed by atoms with Crippen molar-refractivity contribution in [3.63, 3.8) is 0 Å². The van der Waals surface area contributed by atoms with Gasteiger partial charge in [0.1, 0.15) is 0 Å². The van der Waals surface area contributed by atoms with Crippen LogP contribution in [-0.4, -0.2) is 23.2 Å². The highest BCUT2D eigenvalue weighted by Gasteiger charge is 2.33. The molecular weight excluding hydrogens is 248 g/mol. The molecule has 2 aliphatic rings. The van der Waals surface area contributed by atoms with Gasteiger partial charge in [-0.3, -0.25) is 4.79 Å². The number of hydrogen-bond acceptors (Lipinski definition) is 2. The molecule has 0 spiro atoms. The molecule has 20 heavy (non-hydrogen) atoms. The van der Waals surface area contributed by atoms with E-state index < -0.39 is 0 Å². The Balaban J connectivity index is 1.86. The highest BCUT2D eigenvalue weighted by Crippen LogP contribution is 2.31. The van der Waals surface area contributed by atoms with Crippen molar-refractivity contribution in [1.82, 2.24) is 5.01 Å². The minimum atomic E-state index is 0.203. The zero-order chi connectivity index (χ0) is 13.9. The first-order valence-corrected chi connectivity index (χ1v) is 7.76. The molecule has 1 atom stereocenters. The molecule has 106 valence electrons. The molecule has 0 radical (unpaired) electrons. The highest BCUT2D eigenvalue weighted by molar-refractivity contribution is 6.07. The zero-order valence-electron chi connectivity index (χ0n) is 12.1. The van der Waals surface area contributed by atoms with E-state index in [1.54, 1.807) is 5.01 Å². The molecule has 0 aromatic heterocycles. The van der Waals surface area contributed by atoms with Crippen LogP contribution >= 0.6 is 0 Å². The molecule has 1 heterocycles. The van der Waals surface area contributed by atoms with Crippen molar-refractivity contribution in [2.45, 2.75) is 45.4 Å². The Morgan fingerprint density at radius 1 is 1.30 bits per heavy atom. The van der Waals surface area contributed by atoms with Crippen molar-refractivity contribution in [2.24, 2.45) is 11.0 Å². The van der Waals surface area contributed by atoms with Gasteiger partial charge in [-0.05, 0) is 24.8 Å². The zero-order valence-corrected chi connectivity index (χ0v) is 12.1. The monoisotopic (exact) mass is 270 g/mol. The summed E-state index contributed by atoms with van der Waals surface area (Å²) in [6.07, 6.45) is 6.15. The smallest absolute Gasteiger partial charge is 0.243 e. The molecule has 1 amide bonds. The van der Waals surface area contributed by atoms with Gasteiger partial charge in [0.15, 0.2) is 0 Å². The van der Waals surface area contributed by atoms with Crippen LogP contribution in [0.4, 0.5) is 0 Å². The molecule has 3 rings (SSSR count). The fraction of sp³-hybridized carbons (Fsp3) is 0.529. The van der Waals surface area contributed by atoms with E-state index in [9.17, 15) is 4.79 Å². The second kappa shape index (κ2) is 5.78. The average molecular weight is 270 g/mol. The number of carbonyl (C=O) groups excluding carboxylic acids is 1. The van der Waals surface area contributed by atoms with Crippen LogP contribution in [-0.2, 0) is 11.2 Å². The lowest BCUT2D eigenvalue weighted by molar-refractivity contribution is -0.132. The maximum Gasteiger partial charge on any atom is 0.243 e. The summed E-state index contributed by atoms with van der Waals surface area (Å²) in [6, 6.07) is 8.50. The Labute approximate surface area is 120 Å². The van der Waals surface area contributed by atoms with Crippen molar-refractivity contribution in [3.8, 4) is 0 Å². The molecule has 3 nitrogen and oxygen atoms in total. The highest BCUT2D eigenvalue weighted by atomic mass is 16.2. The Bertz CT molecular complexity index is 536. The van der Waals surface area contributed by atoms with E-state index in [4.69, 9.17) is 5.10 Å². The van der Waals surface area contributed by atoms with Crippen molar-refractivity contribution >= 4 is 11.6 Å². The number of benzene rings is 1. The van der Waals surface area contributed by atoms with Crippen LogP contribution in [0.3, 0.4) is 0 Å². The number of rotatable bonds is 4. The van der Waals surface area contributed by atoms with E-state index in [1.165, 1.54) is 17.5 Å². The standard InChI is InChI=1S/C17H22N2O/c1-2-3-6-11-19-16(20)12-14-10-9-13-7-4-5-8-15(13)17(14)18-19/h4-5,7-8,14H,2-3,6,9-12H2,1H3. The van der Waals surface area contributed by atoms with Crippen LogP contribution in [0.2, 0.25) is 0 Å². The Kier molecular flexibility index (Phi) is 3.86. The van der Waals surface area contributed by atoms with Crippen molar-refractivity contribution in [2.75, 3.05) is 6.54 Å². The maximum atomic E-state index is 12.2. The van der Waals surface area contributed by atoms with E-state index >= 15 is 0 Å². The number of hydrogen-bond donors (Lipinski definition) is 0. The van der Waals surface area contributed by atoms with Crippen LogP contribution in [0, 0.1) is 5.92 Å². The van der Waals surface area contributed by atoms with E-state index in [0.29, 0.717) is 12.3 Å². The minimum Gasteiger partial charge on any atom is -0.273 e. The fourth-order valence-electron chi connectivity index (χ4n) is 3.20. The van der Waals surface area contributed by atoms with Gasteiger partial charge in [-0.25, -0.2) is 5.01 Å². The molecule has 1 unspecified atom stereocenters. The van der Waals surface area contributed by atoms with Gasteiger partial charge in [-0.15, -0.1) is 0 Å². The quantitative estimate of drug-likeness (QED) is 0.772. The lowest BCUT2D eigenvalue weighted by atomic mass is 9.79. The molecule has 1 aliphatic heterocycles. The maximum absolute atomic E-state index is 12.2. The first-order valence-electron chi connectivity index (χ1n) is 7.76. The molecule has 0 bridgehead atoms. The van der Waals surface area contributed by atoms with Gasteiger partial charge < -0.3 is 0 Å². The average Bonchev–Trinajstić information content (AvgIpc) is 2.48. The first kappa shape index (κ1) is 13.3. The Morgan fingerprint density at radius 2 is 2.15 bits per heavy atom. The summed E-state index contributed by atoms with van der Waals surface area (Å²) in [5.41, 5.74) is 3.78. The molecule has 0 saturated heterocycles. The summed E-state index contributed by atoms with van der Waals surface area (Å²) < 4.78 is 0. The molecule has 0 fully saturated rings. The SMILES string of the molecule is CCCCCN1N=C2c3ccccc3CCC2CC1=O. The van der Waals surface area contributed by atoms with Gasteiger partial charge >= 0.3 is 0 Å². The van der Waals surface area contributed by atoms with Crippen LogP contribution in [0.5, 0.6) is 0 Å². The number of hydrazone groups is 1. The van der Waals surface area contributed by atoms with Gasteiger partial charge in [-0.2, -0.15) is 5.10 Å². The third kappa shape index (κ3) is 2.49. The second-order valence-electron chi connectivity index (χ2n) is 5.81. The molecule has 1 aliphatic carbocycles. The molecule has 0 N–H and O–H groups in total. The van der Waals surface area contributed by atoms with E-state index in [2.05, 4.69) is 31.2 Å². The van der Waals surface area contributed by atoms with E-state index in [0.717, 1.165) is 37.9 Å². The minimum absolute atomic E-state index is 0.203. The largest absolute Gasteiger partial charge is 0.273 e. The number of unbranched alkanes of at least 4 members (excludes halogenated alkanes) is 2. The lowest BCUT2D eigenvalue weighted by Crippen LogP contribution is -2.39. The lowest BCUT2D eigenvalue weighted by Gasteiger charge is -2.33. The third-order valence-electron chi connectivity index (χ3n) is 4.35. The van der Waals surface area contributed by atoms with Gasteiger partial charge in [-0.1, -0.05) is 44.0 Å². The second-order valence-corrected chi connectivity index (χ2v) is 5.81. The predicted octanol–water partition coefficient (Wildman–Crippen LogP) is 3.38. The number of fused-ring (bicyclic) bond motifs is 3.